The monoisotopic (exact) mass is 392 g/mol. The molecule has 0 saturated heterocycles. The SMILES string of the molecule is [Y].[c-]1ncccc1-c1[c-]ccc2cc3cc4ccccc4cc3cc12. The average Bonchev–Trinajstić information content (AvgIpc) is 2.65. The first kappa shape index (κ1) is 16.4. The zero-order valence-electron chi connectivity index (χ0n) is 13.5. The van der Waals surface area contributed by atoms with E-state index in [0.717, 1.165) is 11.1 Å². The maximum Gasteiger partial charge on any atom is 0 e. The Labute approximate surface area is 171 Å². The number of fused-ring (bicyclic) bond motifs is 3. The topological polar surface area (TPSA) is 12.9 Å². The summed E-state index contributed by atoms with van der Waals surface area (Å²) in [5, 5.41) is 7.43. The fourth-order valence-corrected chi connectivity index (χ4v) is 3.35. The number of benzene rings is 4. The molecule has 25 heavy (non-hydrogen) atoms. The van der Waals surface area contributed by atoms with E-state index >= 15 is 0 Å². The van der Waals surface area contributed by atoms with E-state index in [1.807, 2.05) is 18.2 Å². The molecular weight excluding hydrogens is 379 g/mol. The van der Waals surface area contributed by atoms with Crippen LogP contribution in [0.5, 0.6) is 0 Å². The Morgan fingerprint density at radius 2 is 1.40 bits per heavy atom. The van der Waals surface area contributed by atoms with E-state index in [0.29, 0.717) is 0 Å². The third-order valence-electron chi connectivity index (χ3n) is 4.51. The molecule has 0 aliphatic heterocycles. The molecule has 5 aromatic rings. The molecule has 0 amide bonds. The molecule has 0 N–H and O–H groups in total. The van der Waals surface area contributed by atoms with Crippen molar-refractivity contribution >= 4 is 32.3 Å². The molecule has 0 bridgehead atoms. The maximum atomic E-state index is 4.13. The van der Waals surface area contributed by atoms with Crippen molar-refractivity contribution < 1.29 is 32.7 Å². The van der Waals surface area contributed by atoms with Gasteiger partial charge in [-0.1, -0.05) is 48.8 Å². The zero-order chi connectivity index (χ0) is 15.9. The summed E-state index contributed by atoms with van der Waals surface area (Å²) >= 11 is 0. The summed E-state index contributed by atoms with van der Waals surface area (Å²) < 4.78 is 0. The molecule has 0 aliphatic rings. The molecule has 0 aliphatic carbocycles. The van der Waals surface area contributed by atoms with Crippen LogP contribution in [0.4, 0.5) is 0 Å². The minimum Gasteiger partial charge on any atom is -0.371 e. The predicted octanol–water partition coefficient (Wildman–Crippen LogP) is 5.81. The maximum absolute atomic E-state index is 4.13. The number of nitrogens with zero attached hydrogens (tertiary/aromatic N) is 1. The predicted molar refractivity (Wildman–Crippen MR) is 99.9 cm³/mol. The smallest absolute Gasteiger partial charge is 0 e. The molecule has 1 radical (unpaired) electrons. The molecule has 1 heterocycles. The van der Waals surface area contributed by atoms with Gasteiger partial charge in [0.15, 0.2) is 0 Å². The Hall–Kier alpha value is -2.09. The van der Waals surface area contributed by atoms with Gasteiger partial charge in [0.1, 0.15) is 0 Å². The van der Waals surface area contributed by atoms with Crippen LogP contribution in [0.2, 0.25) is 0 Å². The van der Waals surface area contributed by atoms with Crippen molar-refractivity contribution in [3.8, 4) is 11.1 Å². The fraction of sp³-hybridized carbons (Fsp3) is 0. The van der Waals surface area contributed by atoms with Crippen LogP contribution in [-0.2, 0) is 32.7 Å². The molecule has 0 unspecified atom stereocenters. The summed E-state index contributed by atoms with van der Waals surface area (Å²) in [5.41, 5.74) is 2.03. The van der Waals surface area contributed by atoms with Crippen LogP contribution in [0.25, 0.3) is 43.4 Å². The Morgan fingerprint density at radius 3 is 2.12 bits per heavy atom. The standard InChI is InChI=1S/C23H13N.Y/c1-2-6-17-12-21-14-23-18(13-20(21)11-16(17)5-1)7-3-9-22(23)19-8-4-10-24-15-19;/h1-8,10-14H;/q-2;. The Kier molecular flexibility index (Phi) is 4.37. The fourth-order valence-electron chi connectivity index (χ4n) is 3.35. The van der Waals surface area contributed by atoms with Crippen LogP contribution in [0.1, 0.15) is 0 Å². The van der Waals surface area contributed by atoms with Gasteiger partial charge in [0.2, 0.25) is 0 Å². The van der Waals surface area contributed by atoms with Crippen LogP contribution in [0.15, 0.2) is 79.0 Å². The third-order valence-corrected chi connectivity index (χ3v) is 4.51. The quantitative estimate of drug-likeness (QED) is 0.259. The van der Waals surface area contributed by atoms with E-state index in [1.165, 1.54) is 32.3 Å². The van der Waals surface area contributed by atoms with Crippen molar-refractivity contribution in [3.63, 3.8) is 0 Å². The molecule has 1 nitrogen and oxygen atoms in total. The number of aromatic nitrogens is 1. The number of hydrogen-bond donors (Lipinski definition) is 0. The molecule has 2 heteroatoms. The van der Waals surface area contributed by atoms with Gasteiger partial charge in [-0.15, -0.1) is 22.9 Å². The van der Waals surface area contributed by atoms with Gasteiger partial charge in [-0.05, 0) is 33.7 Å². The van der Waals surface area contributed by atoms with Gasteiger partial charge in [-0.2, -0.15) is 18.2 Å². The van der Waals surface area contributed by atoms with Gasteiger partial charge in [0.05, 0.1) is 0 Å². The van der Waals surface area contributed by atoms with E-state index in [2.05, 4.69) is 71.8 Å². The average molecular weight is 392 g/mol. The molecule has 0 atom stereocenters. The zero-order valence-corrected chi connectivity index (χ0v) is 16.4. The van der Waals surface area contributed by atoms with Crippen molar-refractivity contribution in [2.24, 2.45) is 0 Å². The Balaban J connectivity index is 0.00000157. The van der Waals surface area contributed by atoms with Gasteiger partial charge in [0, 0.05) is 32.7 Å². The molecule has 0 fully saturated rings. The molecule has 4 aromatic carbocycles. The van der Waals surface area contributed by atoms with E-state index in [-0.39, 0.29) is 32.7 Å². The molecule has 115 valence electrons. The van der Waals surface area contributed by atoms with Gasteiger partial charge < -0.3 is 4.98 Å². The van der Waals surface area contributed by atoms with Crippen LogP contribution in [-0.4, -0.2) is 4.98 Å². The van der Waals surface area contributed by atoms with E-state index in [1.54, 1.807) is 6.20 Å². The minimum atomic E-state index is 0. The molecule has 5 rings (SSSR count). The van der Waals surface area contributed by atoms with Gasteiger partial charge in [-0.3, -0.25) is 0 Å². The third kappa shape index (κ3) is 2.88. The first-order chi connectivity index (χ1) is 11.9. The van der Waals surface area contributed by atoms with E-state index in [4.69, 9.17) is 0 Å². The van der Waals surface area contributed by atoms with Crippen LogP contribution < -0.4 is 0 Å². The number of hydrogen-bond acceptors (Lipinski definition) is 1. The normalized spacial score (nSPS) is 10.9. The second kappa shape index (κ2) is 6.67. The van der Waals surface area contributed by atoms with Crippen molar-refractivity contribution in [2.45, 2.75) is 0 Å². The largest absolute Gasteiger partial charge is 0.371 e. The Bertz CT molecular complexity index is 1200. The van der Waals surface area contributed by atoms with Gasteiger partial charge in [0.25, 0.3) is 0 Å². The summed E-state index contributed by atoms with van der Waals surface area (Å²) in [4.78, 5) is 4.13. The number of pyridine rings is 1. The molecule has 0 spiro atoms. The van der Waals surface area contributed by atoms with E-state index < -0.39 is 0 Å². The minimum absolute atomic E-state index is 0. The summed E-state index contributed by atoms with van der Waals surface area (Å²) in [6.45, 7) is 0. The van der Waals surface area contributed by atoms with Crippen molar-refractivity contribution in [2.75, 3.05) is 0 Å². The second-order valence-electron chi connectivity index (χ2n) is 6.00. The van der Waals surface area contributed by atoms with Gasteiger partial charge in [-0.25, -0.2) is 11.1 Å². The summed E-state index contributed by atoms with van der Waals surface area (Å²) in [6, 6.07) is 28.9. The summed E-state index contributed by atoms with van der Waals surface area (Å²) in [5.74, 6) is 0. The van der Waals surface area contributed by atoms with Crippen LogP contribution >= 0.6 is 0 Å². The Morgan fingerprint density at radius 1 is 0.680 bits per heavy atom. The van der Waals surface area contributed by atoms with Crippen molar-refractivity contribution in [3.05, 3.63) is 91.3 Å². The molecule has 0 saturated carbocycles. The number of rotatable bonds is 1. The first-order valence-electron chi connectivity index (χ1n) is 7.98. The van der Waals surface area contributed by atoms with Crippen LogP contribution in [0.3, 0.4) is 0 Å². The summed E-state index contributed by atoms with van der Waals surface area (Å²) in [6.07, 6.45) is 4.82. The van der Waals surface area contributed by atoms with Crippen LogP contribution in [0, 0.1) is 12.3 Å². The summed E-state index contributed by atoms with van der Waals surface area (Å²) in [7, 11) is 0. The first-order valence-corrected chi connectivity index (χ1v) is 7.98. The van der Waals surface area contributed by atoms with Gasteiger partial charge >= 0.3 is 0 Å². The van der Waals surface area contributed by atoms with E-state index in [9.17, 15) is 0 Å². The molecular formula is C23H13NY-2. The molecule has 1 aromatic heterocycles. The van der Waals surface area contributed by atoms with Crippen molar-refractivity contribution in [1.82, 2.24) is 4.98 Å². The second-order valence-corrected chi connectivity index (χ2v) is 6.00. The van der Waals surface area contributed by atoms with Crippen molar-refractivity contribution in [1.29, 1.82) is 0 Å².